The first-order valence-corrected chi connectivity index (χ1v) is 3.90. The molecule has 1 aromatic rings. The maximum absolute atomic E-state index is 13.0. The predicted molar refractivity (Wildman–Crippen MR) is 41.7 cm³/mol. The van der Waals surface area contributed by atoms with Gasteiger partial charge in [-0.3, -0.25) is 0 Å². The van der Waals surface area contributed by atoms with Crippen LogP contribution in [0.3, 0.4) is 0 Å². The summed E-state index contributed by atoms with van der Waals surface area (Å²) in [5, 5.41) is 0. The van der Waals surface area contributed by atoms with Gasteiger partial charge in [-0.2, -0.15) is 0 Å². The minimum Gasteiger partial charge on any atom is -0.327 e. The van der Waals surface area contributed by atoms with Crippen LogP contribution in [0.1, 0.15) is 11.1 Å². The fourth-order valence-electron chi connectivity index (χ4n) is 1.67. The summed E-state index contributed by atoms with van der Waals surface area (Å²) in [6.07, 6.45) is 0.915. The first kappa shape index (κ1) is 7.68. The van der Waals surface area contributed by atoms with Gasteiger partial charge in [-0.15, -0.1) is 0 Å². The van der Waals surface area contributed by atoms with Gasteiger partial charge in [0.15, 0.2) is 0 Å². The van der Waals surface area contributed by atoms with Gasteiger partial charge in [0.25, 0.3) is 0 Å². The van der Waals surface area contributed by atoms with Crippen LogP contribution < -0.4 is 5.73 Å². The summed E-state index contributed by atoms with van der Waals surface area (Å²) in [4.78, 5) is 0. The fourth-order valence-corrected chi connectivity index (χ4v) is 1.67. The van der Waals surface area contributed by atoms with Crippen LogP contribution in [0.5, 0.6) is 0 Å². The molecule has 3 heteroatoms. The molecule has 1 aliphatic carbocycles. The Bertz CT molecular complexity index is 292. The minimum absolute atomic E-state index is 0.119. The van der Waals surface area contributed by atoms with Crippen LogP contribution in [0.25, 0.3) is 0 Å². The SMILES string of the molecule is NC1Cc2c(F)ccc(F)c2C1. The lowest BCUT2D eigenvalue weighted by Crippen LogP contribution is -2.19. The number of hydrogen-bond donors (Lipinski definition) is 1. The van der Waals surface area contributed by atoms with E-state index in [-0.39, 0.29) is 17.7 Å². The van der Waals surface area contributed by atoms with E-state index in [0.29, 0.717) is 24.0 Å². The van der Waals surface area contributed by atoms with Crippen molar-refractivity contribution < 1.29 is 8.78 Å². The second-order valence-electron chi connectivity index (χ2n) is 3.15. The second kappa shape index (κ2) is 2.52. The average Bonchev–Trinajstić information content (AvgIpc) is 2.41. The molecule has 1 aliphatic rings. The summed E-state index contributed by atoms with van der Waals surface area (Å²) < 4.78 is 26.0. The molecule has 0 unspecified atom stereocenters. The number of rotatable bonds is 0. The summed E-state index contributed by atoms with van der Waals surface area (Å²) in [5.74, 6) is -0.668. The number of hydrogen-bond acceptors (Lipinski definition) is 1. The number of benzene rings is 1. The van der Waals surface area contributed by atoms with Gasteiger partial charge in [0.05, 0.1) is 0 Å². The fraction of sp³-hybridized carbons (Fsp3) is 0.333. The van der Waals surface area contributed by atoms with E-state index in [1.54, 1.807) is 0 Å². The van der Waals surface area contributed by atoms with Crippen molar-refractivity contribution in [1.82, 2.24) is 0 Å². The first-order chi connectivity index (χ1) is 5.68. The molecule has 2 N–H and O–H groups in total. The van der Waals surface area contributed by atoms with E-state index in [4.69, 9.17) is 5.73 Å². The summed E-state index contributed by atoms with van der Waals surface area (Å²) in [6, 6.07) is 2.20. The lowest BCUT2D eigenvalue weighted by molar-refractivity contribution is 0.585. The molecule has 0 amide bonds. The average molecular weight is 169 g/mol. The smallest absolute Gasteiger partial charge is 0.126 e. The van der Waals surface area contributed by atoms with Gasteiger partial charge in [0.2, 0.25) is 0 Å². The molecule has 0 spiro atoms. The van der Waals surface area contributed by atoms with Crippen LogP contribution in [-0.4, -0.2) is 6.04 Å². The van der Waals surface area contributed by atoms with Crippen molar-refractivity contribution in [2.45, 2.75) is 18.9 Å². The Morgan fingerprint density at radius 2 is 1.50 bits per heavy atom. The molecule has 2 rings (SSSR count). The molecular weight excluding hydrogens is 160 g/mol. The van der Waals surface area contributed by atoms with E-state index in [1.807, 2.05) is 0 Å². The van der Waals surface area contributed by atoms with Crippen LogP contribution in [0, 0.1) is 11.6 Å². The molecular formula is C9H9F2N. The van der Waals surface area contributed by atoms with E-state index in [0.717, 1.165) is 12.1 Å². The molecule has 1 nitrogen and oxygen atoms in total. The highest BCUT2D eigenvalue weighted by atomic mass is 19.1. The zero-order chi connectivity index (χ0) is 8.72. The highest BCUT2D eigenvalue weighted by molar-refractivity contribution is 5.35. The Kier molecular flexibility index (Phi) is 1.61. The van der Waals surface area contributed by atoms with Crippen molar-refractivity contribution in [3.8, 4) is 0 Å². The van der Waals surface area contributed by atoms with E-state index in [1.165, 1.54) is 0 Å². The molecule has 0 aromatic heterocycles. The van der Waals surface area contributed by atoms with Gasteiger partial charge in [0, 0.05) is 6.04 Å². The van der Waals surface area contributed by atoms with Gasteiger partial charge in [-0.1, -0.05) is 0 Å². The number of fused-ring (bicyclic) bond motifs is 1. The van der Waals surface area contributed by atoms with Crippen LogP contribution in [0.2, 0.25) is 0 Å². The molecule has 1 aromatic carbocycles. The van der Waals surface area contributed by atoms with E-state index in [2.05, 4.69) is 0 Å². The third kappa shape index (κ3) is 1.01. The van der Waals surface area contributed by atoms with Crippen molar-refractivity contribution in [3.63, 3.8) is 0 Å². The Hall–Kier alpha value is -0.960. The van der Waals surface area contributed by atoms with Gasteiger partial charge in [-0.05, 0) is 36.1 Å². The molecule has 0 saturated heterocycles. The van der Waals surface area contributed by atoms with Gasteiger partial charge < -0.3 is 5.73 Å². The maximum Gasteiger partial charge on any atom is 0.126 e. The minimum atomic E-state index is -0.334. The Morgan fingerprint density at radius 3 is 1.92 bits per heavy atom. The van der Waals surface area contributed by atoms with E-state index < -0.39 is 0 Å². The van der Waals surface area contributed by atoms with Gasteiger partial charge >= 0.3 is 0 Å². The molecule has 0 radical (unpaired) electrons. The van der Waals surface area contributed by atoms with Crippen molar-refractivity contribution in [1.29, 1.82) is 0 Å². The molecule has 0 aliphatic heterocycles. The van der Waals surface area contributed by atoms with Crippen molar-refractivity contribution in [3.05, 3.63) is 34.9 Å². The zero-order valence-corrected chi connectivity index (χ0v) is 6.48. The third-order valence-electron chi connectivity index (χ3n) is 2.25. The molecule has 0 fully saturated rings. The second-order valence-corrected chi connectivity index (χ2v) is 3.15. The molecule has 0 bridgehead atoms. The van der Waals surface area contributed by atoms with Crippen LogP contribution >= 0.6 is 0 Å². The maximum atomic E-state index is 13.0. The lowest BCUT2D eigenvalue weighted by atomic mass is 10.1. The molecule has 0 heterocycles. The Labute approximate surface area is 69.2 Å². The normalized spacial score (nSPS) is 16.6. The number of halogens is 2. The molecule has 12 heavy (non-hydrogen) atoms. The van der Waals surface area contributed by atoms with Gasteiger partial charge in [-0.25, -0.2) is 8.78 Å². The highest BCUT2D eigenvalue weighted by Crippen LogP contribution is 2.26. The molecule has 0 saturated carbocycles. The highest BCUT2D eigenvalue weighted by Gasteiger charge is 2.24. The standard InChI is InChI=1S/C9H9F2N/c10-8-1-2-9(11)7-4-5(12)3-6(7)8/h1-2,5H,3-4,12H2. The summed E-state index contributed by atoms with van der Waals surface area (Å²) in [6.45, 7) is 0. The first-order valence-electron chi connectivity index (χ1n) is 3.90. The summed E-state index contributed by atoms with van der Waals surface area (Å²) >= 11 is 0. The summed E-state index contributed by atoms with van der Waals surface area (Å²) in [5.41, 5.74) is 6.51. The number of nitrogens with two attached hydrogens (primary N) is 1. The molecule has 64 valence electrons. The van der Waals surface area contributed by atoms with Crippen LogP contribution in [0.4, 0.5) is 8.78 Å². The molecule has 0 atom stereocenters. The predicted octanol–water partition coefficient (Wildman–Crippen LogP) is 1.39. The largest absolute Gasteiger partial charge is 0.327 e. The quantitative estimate of drug-likeness (QED) is 0.624. The van der Waals surface area contributed by atoms with E-state index in [9.17, 15) is 8.78 Å². The van der Waals surface area contributed by atoms with E-state index >= 15 is 0 Å². The third-order valence-corrected chi connectivity index (χ3v) is 2.25. The summed E-state index contributed by atoms with van der Waals surface area (Å²) in [7, 11) is 0. The Balaban J connectivity index is 2.56. The Morgan fingerprint density at radius 1 is 1.08 bits per heavy atom. The zero-order valence-electron chi connectivity index (χ0n) is 6.48. The van der Waals surface area contributed by atoms with Crippen molar-refractivity contribution in [2.24, 2.45) is 5.73 Å². The topological polar surface area (TPSA) is 26.0 Å². The van der Waals surface area contributed by atoms with Gasteiger partial charge in [0.1, 0.15) is 11.6 Å². The van der Waals surface area contributed by atoms with Crippen LogP contribution in [-0.2, 0) is 12.8 Å². The lowest BCUT2D eigenvalue weighted by Gasteiger charge is -2.00. The van der Waals surface area contributed by atoms with Crippen molar-refractivity contribution >= 4 is 0 Å². The monoisotopic (exact) mass is 169 g/mol. The van der Waals surface area contributed by atoms with Crippen LogP contribution in [0.15, 0.2) is 12.1 Å². The van der Waals surface area contributed by atoms with Crippen molar-refractivity contribution in [2.75, 3.05) is 0 Å².